The zero-order valence-corrected chi connectivity index (χ0v) is 12.8. The number of Topliss-reactive ketones (excluding diaryl/α,β-unsaturated/α-hetero) is 1. The standard InChI is InChI=1S/C16H11Cl2NO3/c17-10-6-11-14(12(18)7-10)19-15(21)16(11,22)8-13(20)9-4-2-1-3-5-9/h1-7,22H,8H2,(H,19,21)/t16-/m0/s1. The van der Waals surface area contributed by atoms with E-state index in [0.717, 1.165) is 0 Å². The third-order valence-corrected chi connectivity index (χ3v) is 4.14. The van der Waals surface area contributed by atoms with Gasteiger partial charge in [-0.3, -0.25) is 9.59 Å². The minimum Gasteiger partial charge on any atom is -0.375 e. The number of carbonyl (C=O) groups is 2. The van der Waals surface area contributed by atoms with Gasteiger partial charge in [0.25, 0.3) is 5.91 Å². The second-order valence-electron chi connectivity index (χ2n) is 5.09. The molecule has 2 aromatic rings. The first-order valence-electron chi connectivity index (χ1n) is 6.53. The molecule has 0 radical (unpaired) electrons. The normalized spacial score (nSPS) is 19.7. The number of aliphatic hydroxyl groups is 1. The number of benzene rings is 2. The van der Waals surface area contributed by atoms with E-state index in [1.165, 1.54) is 12.1 Å². The van der Waals surface area contributed by atoms with Crippen LogP contribution >= 0.6 is 23.2 Å². The number of nitrogens with one attached hydrogen (secondary N) is 1. The molecule has 6 heteroatoms. The van der Waals surface area contributed by atoms with Crippen molar-refractivity contribution in [1.82, 2.24) is 0 Å². The van der Waals surface area contributed by atoms with Crippen LogP contribution in [0.4, 0.5) is 5.69 Å². The maximum atomic E-state index is 12.3. The van der Waals surface area contributed by atoms with Crippen LogP contribution in [0.2, 0.25) is 10.0 Å². The molecule has 1 amide bonds. The maximum absolute atomic E-state index is 12.3. The Bertz CT molecular complexity index is 776. The number of carbonyl (C=O) groups excluding carboxylic acids is 2. The Morgan fingerprint density at radius 2 is 1.86 bits per heavy atom. The molecule has 1 aliphatic rings. The molecule has 0 saturated carbocycles. The molecule has 112 valence electrons. The highest BCUT2D eigenvalue weighted by atomic mass is 35.5. The van der Waals surface area contributed by atoms with Crippen LogP contribution in [0.1, 0.15) is 22.3 Å². The second kappa shape index (κ2) is 5.39. The molecule has 0 unspecified atom stereocenters. The third kappa shape index (κ3) is 2.39. The largest absolute Gasteiger partial charge is 0.375 e. The molecule has 0 spiro atoms. The van der Waals surface area contributed by atoms with Gasteiger partial charge in [0, 0.05) is 16.1 Å². The topological polar surface area (TPSA) is 66.4 Å². The van der Waals surface area contributed by atoms with Crippen LogP contribution in [-0.4, -0.2) is 16.8 Å². The molecule has 2 aromatic carbocycles. The van der Waals surface area contributed by atoms with Gasteiger partial charge < -0.3 is 10.4 Å². The Balaban J connectivity index is 2.01. The van der Waals surface area contributed by atoms with Crippen LogP contribution in [0.15, 0.2) is 42.5 Å². The van der Waals surface area contributed by atoms with Crippen molar-refractivity contribution in [3.8, 4) is 0 Å². The molecule has 4 nitrogen and oxygen atoms in total. The number of hydrogen-bond donors (Lipinski definition) is 2. The molecular weight excluding hydrogens is 325 g/mol. The predicted molar refractivity (Wildman–Crippen MR) is 84.4 cm³/mol. The van der Waals surface area contributed by atoms with Gasteiger partial charge in [0.15, 0.2) is 11.4 Å². The van der Waals surface area contributed by atoms with Crippen molar-refractivity contribution in [1.29, 1.82) is 0 Å². The van der Waals surface area contributed by atoms with E-state index in [2.05, 4.69) is 5.32 Å². The van der Waals surface area contributed by atoms with Gasteiger partial charge in [0.05, 0.1) is 17.1 Å². The number of fused-ring (bicyclic) bond motifs is 1. The maximum Gasteiger partial charge on any atom is 0.261 e. The van der Waals surface area contributed by atoms with E-state index in [1.807, 2.05) is 0 Å². The average Bonchev–Trinajstić information content (AvgIpc) is 2.73. The molecular formula is C16H11Cl2NO3. The molecule has 22 heavy (non-hydrogen) atoms. The van der Waals surface area contributed by atoms with E-state index in [9.17, 15) is 14.7 Å². The first kappa shape index (κ1) is 15.0. The molecule has 1 atom stereocenters. The first-order valence-corrected chi connectivity index (χ1v) is 7.29. The lowest BCUT2D eigenvalue weighted by Crippen LogP contribution is -2.36. The van der Waals surface area contributed by atoms with Gasteiger partial charge in [-0.25, -0.2) is 0 Å². The minimum atomic E-state index is -1.98. The quantitative estimate of drug-likeness (QED) is 0.844. The van der Waals surface area contributed by atoms with Crippen molar-refractivity contribution in [3.63, 3.8) is 0 Å². The lowest BCUT2D eigenvalue weighted by molar-refractivity contribution is -0.133. The van der Waals surface area contributed by atoms with E-state index in [0.29, 0.717) is 11.3 Å². The molecule has 0 aliphatic carbocycles. The van der Waals surface area contributed by atoms with Crippen molar-refractivity contribution in [3.05, 3.63) is 63.6 Å². The summed E-state index contributed by atoms with van der Waals surface area (Å²) in [7, 11) is 0. The van der Waals surface area contributed by atoms with E-state index in [1.54, 1.807) is 30.3 Å². The summed E-state index contributed by atoms with van der Waals surface area (Å²) in [6.45, 7) is 0. The van der Waals surface area contributed by atoms with Gasteiger partial charge in [-0.15, -0.1) is 0 Å². The molecule has 3 rings (SSSR count). The Morgan fingerprint density at radius 1 is 1.18 bits per heavy atom. The Kier molecular flexibility index (Phi) is 3.68. The fourth-order valence-electron chi connectivity index (χ4n) is 2.50. The first-order chi connectivity index (χ1) is 10.4. The van der Waals surface area contributed by atoms with Crippen LogP contribution in [0.3, 0.4) is 0 Å². The van der Waals surface area contributed by atoms with E-state index in [-0.39, 0.29) is 27.8 Å². The molecule has 1 heterocycles. The summed E-state index contributed by atoms with van der Waals surface area (Å²) in [6.07, 6.45) is -0.382. The van der Waals surface area contributed by atoms with Crippen molar-refractivity contribution in [2.75, 3.05) is 5.32 Å². The summed E-state index contributed by atoms with van der Waals surface area (Å²) < 4.78 is 0. The number of amides is 1. The third-order valence-electron chi connectivity index (χ3n) is 3.63. The van der Waals surface area contributed by atoms with Crippen LogP contribution in [-0.2, 0) is 10.4 Å². The van der Waals surface area contributed by atoms with Crippen molar-refractivity contribution < 1.29 is 14.7 Å². The van der Waals surface area contributed by atoms with Crippen LogP contribution in [0.5, 0.6) is 0 Å². The van der Waals surface area contributed by atoms with E-state index < -0.39 is 11.5 Å². The fourth-order valence-corrected chi connectivity index (χ4v) is 3.04. The lowest BCUT2D eigenvalue weighted by Gasteiger charge is -2.20. The molecule has 0 aromatic heterocycles. The average molecular weight is 336 g/mol. The number of rotatable bonds is 3. The zero-order chi connectivity index (χ0) is 15.9. The SMILES string of the molecule is O=C(C[C@@]1(O)C(=O)Nc2c(Cl)cc(Cl)cc21)c1ccccc1. The summed E-state index contributed by atoms with van der Waals surface area (Å²) in [6, 6.07) is 11.4. The van der Waals surface area contributed by atoms with Gasteiger partial charge in [-0.1, -0.05) is 53.5 Å². The monoisotopic (exact) mass is 335 g/mol. The van der Waals surface area contributed by atoms with Gasteiger partial charge >= 0.3 is 0 Å². The van der Waals surface area contributed by atoms with Crippen LogP contribution in [0, 0.1) is 0 Å². The minimum absolute atomic E-state index is 0.221. The Hall–Kier alpha value is -1.88. The molecule has 0 saturated heterocycles. The van der Waals surface area contributed by atoms with Crippen molar-refractivity contribution in [2.45, 2.75) is 12.0 Å². The Labute approximate surface area is 136 Å². The number of ketones is 1. The summed E-state index contributed by atoms with van der Waals surface area (Å²) >= 11 is 12.0. The fraction of sp³-hybridized carbons (Fsp3) is 0.125. The smallest absolute Gasteiger partial charge is 0.261 e. The van der Waals surface area contributed by atoms with Crippen molar-refractivity contribution >= 4 is 40.6 Å². The highest BCUT2D eigenvalue weighted by Gasteiger charge is 2.47. The summed E-state index contributed by atoms with van der Waals surface area (Å²) in [5.74, 6) is -1.03. The molecule has 2 N–H and O–H groups in total. The van der Waals surface area contributed by atoms with Gasteiger partial charge in [-0.05, 0) is 12.1 Å². The van der Waals surface area contributed by atoms with Crippen LogP contribution in [0.25, 0.3) is 0 Å². The van der Waals surface area contributed by atoms with Crippen LogP contribution < -0.4 is 5.32 Å². The number of halogens is 2. The second-order valence-corrected chi connectivity index (χ2v) is 5.93. The highest BCUT2D eigenvalue weighted by molar-refractivity contribution is 6.37. The Morgan fingerprint density at radius 3 is 2.55 bits per heavy atom. The number of hydrogen-bond acceptors (Lipinski definition) is 3. The predicted octanol–water partition coefficient (Wildman–Crippen LogP) is 3.41. The van der Waals surface area contributed by atoms with Gasteiger partial charge in [0.1, 0.15) is 0 Å². The van der Waals surface area contributed by atoms with Crippen molar-refractivity contribution in [2.24, 2.45) is 0 Å². The van der Waals surface area contributed by atoms with Gasteiger partial charge in [0.2, 0.25) is 0 Å². The van der Waals surface area contributed by atoms with E-state index in [4.69, 9.17) is 23.2 Å². The molecule has 0 fully saturated rings. The zero-order valence-electron chi connectivity index (χ0n) is 11.3. The highest BCUT2D eigenvalue weighted by Crippen LogP contribution is 2.44. The number of anilines is 1. The van der Waals surface area contributed by atoms with E-state index >= 15 is 0 Å². The lowest BCUT2D eigenvalue weighted by atomic mass is 9.88. The summed E-state index contributed by atoms with van der Waals surface area (Å²) in [4.78, 5) is 24.5. The summed E-state index contributed by atoms with van der Waals surface area (Å²) in [5.41, 5.74) is -1.04. The molecule has 1 aliphatic heterocycles. The van der Waals surface area contributed by atoms with Gasteiger partial charge in [-0.2, -0.15) is 0 Å². The molecule has 0 bridgehead atoms. The summed E-state index contributed by atoms with van der Waals surface area (Å²) in [5, 5.41) is 13.8.